The van der Waals surface area contributed by atoms with Crippen LogP contribution in [0.25, 0.3) is 32.7 Å². The summed E-state index contributed by atoms with van der Waals surface area (Å²) in [6.07, 6.45) is 5.64. The van der Waals surface area contributed by atoms with Gasteiger partial charge in [0.15, 0.2) is 5.82 Å². The van der Waals surface area contributed by atoms with Gasteiger partial charge in [-0.15, -0.1) is 11.3 Å². The fourth-order valence-corrected chi connectivity index (χ4v) is 4.61. The summed E-state index contributed by atoms with van der Waals surface area (Å²) in [5.41, 5.74) is 5.63. The smallest absolute Gasteiger partial charge is 0.162 e. The van der Waals surface area contributed by atoms with Crippen molar-refractivity contribution < 1.29 is 0 Å². The summed E-state index contributed by atoms with van der Waals surface area (Å²) in [5, 5.41) is 5.76. The van der Waals surface area contributed by atoms with E-state index in [0.717, 1.165) is 52.4 Å². The topological polar surface area (TPSA) is 50.7 Å². The zero-order valence-electron chi connectivity index (χ0n) is 17.0. The van der Waals surface area contributed by atoms with Gasteiger partial charge in [0.1, 0.15) is 5.82 Å². The van der Waals surface area contributed by atoms with Gasteiger partial charge in [-0.1, -0.05) is 60.7 Å². The largest absolute Gasteiger partial charge is 0.369 e. The lowest BCUT2D eigenvalue weighted by Crippen LogP contribution is -2.06. The minimum Gasteiger partial charge on any atom is -0.369 e. The molecule has 0 unspecified atom stereocenters. The van der Waals surface area contributed by atoms with Crippen LogP contribution in [0.15, 0.2) is 90.6 Å². The Hall–Kier alpha value is -3.57. The van der Waals surface area contributed by atoms with Crippen molar-refractivity contribution in [2.75, 3.05) is 11.9 Å². The Morgan fingerprint density at radius 2 is 1.52 bits per heavy atom. The second-order valence-corrected chi connectivity index (χ2v) is 8.22. The van der Waals surface area contributed by atoms with E-state index in [1.807, 2.05) is 18.2 Å². The molecule has 31 heavy (non-hydrogen) atoms. The highest BCUT2D eigenvalue weighted by Gasteiger charge is 2.15. The molecule has 5 aromatic rings. The van der Waals surface area contributed by atoms with Gasteiger partial charge in [-0.05, 0) is 36.1 Å². The van der Waals surface area contributed by atoms with Crippen LogP contribution >= 0.6 is 11.3 Å². The maximum Gasteiger partial charge on any atom is 0.162 e. The number of thiophene rings is 1. The number of nitrogens with one attached hydrogen (secondary N) is 1. The van der Waals surface area contributed by atoms with Crippen LogP contribution < -0.4 is 5.32 Å². The molecule has 0 spiro atoms. The highest BCUT2D eigenvalue weighted by molar-refractivity contribution is 7.18. The first-order valence-corrected chi connectivity index (χ1v) is 11.3. The molecule has 4 nitrogen and oxygen atoms in total. The minimum absolute atomic E-state index is 0.719. The van der Waals surface area contributed by atoms with E-state index in [1.165, 1.54) is 11.1 Å². The minimum atomic E-state index is 0.719. The molecule has 0 bridgehead atoms. The third-order valence-electron chi connectivity index (χ3n) is 5.22. The van der Waals surface area contributed by atoms with Crippen molar-refractivity contribution in [1.82, 2.24) is 15.0 Å². The van der Waals surface area contributed by atoms with E-state index in [1.54, 1.807) is 23.7 Å². The predicted molar refractivity (Wildman–Crippen MR) is 129 cm³/mol. The number of benzene rings is 2. The van der Waals surface area contributed by atoms with Crippen LogP contribution in [-0.4, -0.2) is 21.5 Å². The lowest BCUT2D eigenvalue weighted by atomic mass is 10.1. The molecule has 0 amide bonds. The van der Waals surface area contributed by atoms with E-state index >= 15 is 0 Å². The molecule has 0 aliphatic rings. The number of hydrogen-bond acceptors (Lipinski definition) is 5. The summed E-state index contributed by atoms with van der Waals surface area (Å²) in [7, 11) is 0. The molecule has 0 saturated heterocycles. The Kier molecular flexibility index (Phi) is 5.67. The number of aryl methyl sites for hydroxylation is 1. The molecule has 3 aromatic heterocycles. The number of hydrogen-bond donors (Lipinski definition) is 1. The number of nitrogens with zero attached hydrogens (tertiary/aromatic N) is 3. The van der Waals surface area contributed by atoms with Gasteiger partial charge in [0.25, 0.3) is 0 Å². The number of pyridine rings is 1. The van der Waals surface area contributed by atoms with Crippen molar-refractivity contribution >= 4 is 27.4 Å². The van der Waals surface area contributed by atoms with Crippen molar-refractivity contribution in [3.63, 3.8) is 0 Å². The molecule has 2 aromatic carbocycles. The van der Waals surface area contributed by atoms with Crippen LogP contribution in [-0.2, 0) is 6.42 Å². The summed E-state index contributed by atoms with van der Waals surface area (Å²) in [5.74, 6) is 1.62. The van der Waals surface area contributed by atoms with E-state index in [2.05, 4.69) is 70.3 Å². The van der Waals surface area contributed by atoms with Gasteiger partial charge in [0.05, 0.1) is 10.2 Å². The molecule has 0 aliphatic carbocycles. The highest BCUT2D eigenvalue weighted by Crippen LogP contribution is 2.37. The van der Waals surface area contributed by atoms with Gasteiger partial charge in [-0.3, -0.25) is 4.98 Å². The number of rotatable bonds is 7. The number of fused-ring (bicyclic) bond motifs is 1. The summed E-state index contributed by atoms with van der Waals surface area (Å²) in [6, 6.07) is 24.9. The van der Waals surface area contributed by atoms with Crippen LogP contribution in [0, 0.1) is 0 Å². The van der Waals surface area contributed by atoms with Gasteiger partial charge in [-0.25, -0.2) is 9.97 Å². The molecule has 0 saturated carbocycles. The first kappa shape index (κ1) is 19.4. The number of anilines is 1. The number of aromatic nitrogens is 3. The van der Waals surface area contributed by atoms with Crippen LogP contribution in [0.4, 0.5) is 5.82 Å². The van der Waals surface area contributed by atoms with Crippen LogP contribution in [0.5, 0.6) is 0 Å². The maximum absolute atomic E-state index is 4.95. The molecule has 0 fully saturated rings. The van der Waals surface area contributed by atoms with Gasteiger partial charge in [0, 0.05) is 35.4 Å². The van der Waals surface area contributed by atoms with Crippen molar-refractivity contribution in [2.24, 2.45) is 0 Å². The van der Waals surface area contributed by atoms with Crippen LogP contribution in [0.1, 0.15) is 12.0 Å². The van der Waals surface area contributed by atoms with E-state index in [0.29, 0.717) is 0 Å². The quantitative estimate of drug-likeness (QED) is 0.306. The zero-order valence-corrected chi connectivity index (χ0v) is 17.8. The monoisotopic (exact) mass is 422 g/mol. The fraction of sp³-hybridized carbons (Fsp3) is 0.115. The van der Waals surface area contributed by atoms with Crippen molar-refractivity contribution in [2.45, 2.75) is 12.8 Å². The Morgan fingerprint density at radius 1 is 0.774 bits per heavy atom. The second kappa shape index (κ2) is 9.06. The Bertz CT molecular complexity index is 1270. The van der Waals surface area contributed by atoms with Gasteiger partial charge >= 0.3 is 0 Å². The average Bonchev–Trinajstić information content (AvgIpc) is 3.28. The zero-order chi connectivity index (χ0) is 20.9. The summed E-state index contributed by atoms with van der Waals surface area (Å²) in [4.78, 5) is 14.0. The fourth-order valence-electron chi connectivity index (χ4n) is 3.63. The van der Waals surface area contributed by atoms with E-state index in [9.17, 15) is 0 Å². The standard InChI is InChI=1S/C26H22N4S/c1-3-8-19(9-4-1)10-7-15-28-26-24-23(22(18-31-24)20-11-5-2-6-12-20)29-25(30-26)21-13-16-27-17-14-21/h1-6,8-9,11-14,16-18H,7,10,15H2,(H,28,29,30). The Labute approximate surface area is 185 Å². The van der Waals surface area contributed by atoms with E-state index < -0.39 is 0 Å². The lowest BCUT2D eigenvalue weighted by Gasteiger charge is -2.10. The molecule has 0 aliphatic heterocycles. The molecule has 5 rings (SSSR count). The van der Waals surface area contributed by atoms with Gasteiger partial charge in [-0.2, -0.15) is 0 Å². The maximum atomic E-state index is 4.95. The molecular formula is C26H22N4S. The van der Waals surface area contributed by atoms with Crippen LogP contribution in [0.2, 0.25) is 0 Å². The second-order valence-electron chi connectivity index (χ2n) is 7.34. The molecule has 0 atom stereocenters. The molecule has 3 heterocycles. The third-order valence-corrected chi connectivity index (χ3v) is 6.19. The van der Waals surface area contributed by atoms with E-state index in [4.69, 9.17) is 9.97 Å². The van der Waals surface area contributed by atoms with Gasteiger partial charge < -0.3 is 5.32 Å². The third kappa shape index (κ3) is 4.32. The van der Waals surface area contributed by atoms with Crippen LogP contribution in [0.3, 0.4) is 0 Å². The molecule has 1 N–H and O–H groups in total. The molecular weight excluding hydrogens is 400 g/mol. The molecule has 152 valence electrons. The summed E-state index contributed by atoms with van der Waals surface area (Å²) >= 11 is 1.69. The molecule has 5 heteroatoms. The predicted octanol–water partition coefficient (Wildman–Crippen LogP) is 6.47. The average molecular weight is 423 g/mol. The first-order chi connectivity index (χ1) is 15.4. The normalized spacial score (nSPS) is 11.0. The van der Waals surface area contributed by atoms with E-state index in [-0.39, 0.29) is 0 Å². The Balaban J connectivity index is 1.48. The first-order valence-electron chi connectivity index (χ1n) is 10.4. The molecule has 0 radical (unpaired) electrons. The highest BCUT2D eigenvalue weighted by atomic mass is 32.1. The Morgan fingerprint density at radius 3 is 2.29 bits per heavy atom. The van der Waals surface area contributed by atoms with Crippen molar-refractivity contribution in [3.05, 3.63) is 96.1 Å². The SMILES string of the molecule is c1ccc(CCCNc2nc(-c3ccncc3)nc3c(-c4ccccc4)csc23)cc1. The summed E-state index contributed by atoms with van der Waals surface area (Å²) in [6.45, 7) is 0.857. The lowest BCUT2D eigenvalue weighted by molar-refractivity contribution is 0.860. The van der Waals surface area contributed by atoms with Gasteiger partial charge in [0.2, 0.25) is 0 Å². The van der Waals surface area contributed by atoms with Crippen molar-refractivity contribution in [3.8, 4) is 22.5 Å². The summed E-state index contributed by atoms with van der Waals surface area (Å²) < 4.78 is 1.09. The van der Waals surface area contributed by atoms with Crippen molar-refractivity contribution in [1.29, 1.82) is 0 Å².